The molecule has 0 atom stereocenters. The fourth-order valence-electron chi connectivity index (χ4n) is 0.518. The van der Waals surface area contributed by atoms with Crippen molar-refractivity contribution in [1.82, 2.24) is 4.98 Å². The predicted octanol–water partition coefficient (Wildman–Crippen LogP) is 1.73. The Morgan fingerprint density at radius 1 is 1.56 bits per heavy atom. The van der Waals surface area contributed by atoms with E-state index in [0.29, 0.717) is 5.82 Å². The lowest BCUT2D eigenvalue weighted by atomic mass is 10.3. The van der Waals surface area contributed by atoms with Crippen molar-refractivity contribution in [1.29, 1.82) is 0 Å². The number of nitrogen functional groups attached to an aromatic ring is 1. The average Bonchev–Trinajstić information content (AvgIpc) is 1.80. The summed E-state index contributed by atoms with van der Waals surface area (Å²) in [5.41, 5.74) is 6.49. The van der Waals surface area contributed by atoms with E-state index in [1.807, 2.05) is 13.0 Å². The van der Waals surface area contributed by atoms with Crippen LogP contribution in [0.2, 0.25) is 0 Å². The second-order valence-corrected chi connectivity index (χ2v) is 2.59. The Kier molecular flexibility index (Phi) is 1.71. The van der Waals surface area contributed by atoms with Gasteiger partial charge >= 0.3 is 0 Å². The predicted molar refractivity (Wildman–Crippen MR) is 41.1 cm³/mol. The summed E-state index contributed by atoms with van der Waals surface area (Å²) in [4.78, 5) is 3.97. The van der Waals surface area contributed by atoms with E-state index in [-0.39, 0.29) is 0 Å². The van der Waals surface area contributed by atoms with Gasteiger partial charge in [-0.3, -0.25) is 0 Å². The van der Waals surface area contributed by atoms with E-state index >= 15 is 0 Å². The first-order valence-electron chi connectivity index (χ1n) is 2.59. The topological polar surface area (TPSA) is 38.9 Å². The molecule has 0 radical (unpaired) electrons. The number of nitrogens with two attached hydrogens (primary N) is 1. The van der Waals surface area contributed by atoms with E-state index in [1.165, 1.54) is 0 Å². The number of anilines is 1. The number of hydrogen-bond acceptors (Lipinski definition) is 2. The summed E-state index contributed by atoms with van der Waals surface area (Å²) < 4.78 is 0.822. The molecule has 1 aromatic rings. The lowest BCUT2D eigenvalue weighted by molar-refractivity contribution is 1.23. The maximum Gasteiger partial charge on any atom is 0.124 e. The van der Waals surface area contributed by atoms with Gasteiger partial charge in [-0.25, -0.2) is 4.98 Å². The number of aryl methyl sites for hydroxylation is 1. The van der Waals surface area contributed by atoms with Crippen LogP contribution in [0.5, 0.6) is 0 Å². The Labute approximate surface area is 62.2 Å². The van der Waals surface area contributed by atoms with Gasteiger partial charge < -0.3 is 5.73 Å². The van der Waals surface area contributed by atoms with Crippen LogP contribution in [0.25, 0.3) is 0 Å². The van der Waals surface area contributed by atoms with Crippen molar-refractivity contribution >= 4 is 21.7 Å². The van der Waals surface area contributed by atoms with Gasteiger partial charge in [-0.05, 0) is 34.5 Å². The fourth-order valence-corrected chi connectivity index (χ4v) is 0.855. The zero-order valence-corrected chi connectivity index (χ0v) is 6.64. The molecular formula is C6H7BrN2. The van der Waals surface area contributed by atoms with Crippen LogP contribution in [0.1, 0.15) is 5.56 Å². The average molecular weight is 187 g/mol. The molecule has 2 N–H and O–H groups in total. The van der Waals surface area contributed by atoms with Gasteiger partial charge in [-0.2, -0.15) is 0 Å². The normalized spacial score (nSPS) is 9.56. The molecule has 0 saturated carbocycles. The Bertz CT molecular complexity index is 222. The standard InChI is InChI=1S/C6H7BrN2/c1-4-2-3-5(8)9-6(4)7/h2-3H,1H3,(H2,8,9). The molecule has 1 rings (SSSR count). The summed E-state index contributed by atoms with van der Waals surface area (Å²) in [6, 6.07) is 3.70. The molecule has 3 heteroatoms. The van der Waals surface area contributed by atoms with Gasteiger partial charge in [0, 0.05) is 0 Å². The Hall–Kier alpha value is -0.570. The molecule has 0 unspecified atom stereocenters. The van der Waals surface area contributed by atoms with Crippen LogP contribution in [0.4, 0.5) is 5.82 Å². The first-order chi connectivity index (χ1) is 4.20. The number of halogens is 1. The third kappa shape index (κ3) is 1.42. The number of nitrogens with zero attached hydrogens (tertiary/aromatic N) is 1. The molecule has 1 heterocycles. The van der Waals surface area contributed by atoms with Gasteiger partial charge in [0.15, 0.2) is 0 Å². The highest BCUT2D eigenvalue weighted by Crippen LogP contribution is 2.13. The van der Waals surface area contributed by atoms with Gasteiger partial charge in [0.25, 0.3) is 0 Å². The summed E-state index contributed by atoms with van der Waals surface area (Å²) in [5, 5.41) is 0. The van der Waals surface area contributed by atoms with E-state index in [4.69, 9.17) is 5.73 Å². The van der Waals surface area contributed by atoms with Crippen molar-refractivity contribution in [2.45, 2.75) is 6.92 Å². The van der Waals surface area contributed by atoms with Crippen LogP contribution >= 0.6 is 15.9 Å². The molecule has 0 bridgehead atoms. The minimum absolute atomic E-state index is 0.549. The summed E-state index contributed by atoms with van der Waals surface area (Å²) in [5.74, 6) is 0.549. The van der Waals surface area contributed by atoms with Crippen molar-refractivity contribution in [3.05, 3.63) is 22.3 Å². The molecular weight excluding hydrogens is 180 g/mol. The molecule has 0 aliphatic carbocycles. The summed E-state index contributed by atoms with van der Waals surface area (Å²) in [6.45, 7) is 1.97. The molecule has 0 aromatic carbocycles. The lowest BCUT2D eigenvalue weighted by Gasteiger charge is -1.95. The van der Waals surface area contributed by atoms with E-state index in [9.17, 15) is 0 Å². The first kappa shape index (κ1) is 6.55. The van der Waals surface area contributed by atoms with Crippen molar-refractivity contribution in [3.8, 4) is 0 Å². The minimum atomic E-state index is 0.549. The van der Waals surface area contributed by atoms with Gasteiger partial charge in [0.1, 0.15) is 10.4 Å². The van der Waals surface area contributed by atoms with Crippen molar-refractivity contribution in [2.24, 2.45) is 0 Å². The highest BCUT2D eigenvalue weighted by Gasteiger charge is 1.93. The molecule has 0 saturated heterocycles. The van der Waals surface area contributed by atoms with Gasteiger partial charge in [-0.1, -0.05) is 6.07 Å². The summed E-state index contributed by atoms with van der Waals surface area (Å²) in [6.07, 6.45) is 0. The monoisotopic (exact) mass is 186 g/mol. The Balaban J connectivity index is 3.17. The largest absolute Gasteiger partial charge is 0.384 e. The fraction of sp³-hybridized carbons (Fsp3) is 0.167. The second kappa shape index (κ2) is 2.35. The van der Waals surface area contributed by atoms with Crippen molar-refractivity contribution in [3.63, 3.8) is 0 Å². The second-order valence-electron chi connectivity index (χ2n) is 1.84. The molecule has 0 fully saturated rings. The molecule has 0 spiro atoms. The molecule has 9 heavy (non-hydrogen) atoms. The van der Waals surface area contributed by atoms with Crippen LogP contribution < -0.4 is 5.73 Å². The number of hydrogen-bond donors (Lipinski definition) is 1. The maximum atomic E-state index is 5.39. The van der Waals surface area contributed by atoms with Crippen LogP contribution in [-0.4, -0.2) is 4.98 Å². The van der Waals surface area contributed by atoms with Crippen LogP contribution in [0.15, 0.2) is 16.7 Å². The number of aromatic nitrogens is 1. The third-order valence-electron chi connectivity index (χ3n) is 1.06. The zero-order valence-electron chi connectivity index (χ0n) is 5.06. The number of rotatable bonds is 0. The van der Waals surface area contributed by atoms with E-state index in [2.05, 4.69) is 20.9 Å². The molecule has 1 aromatic heterocycles. The van der Waals surface area contributed by atoms with E-state index in [0.717, 1.165) is 10.2 Å². The van der Waals surface area contributed by atoms with Gasteiger partial charge in [0.05, 0.1) is 0 Å². The number of pyridine rings is 1. The Morgan fingerprint density at radius 2 is 2.22 bits per heavy atom. The van der Waals surface area contributed by atoms with Gasteiger partial charge in [0.2, 0.25) is 0 Å². The third-order valence-corrected chi connectivity index (χ3v) is 1.86. The maximum absolute atomic E-state index is 5.39. The first-order valence-corrected chi connectivity index (χ1v) is 3.38. The minimum Gasteiger partial charge on any atom is -0.384 e. The van der Waals surface area contributed by atoms with Crippen LogP contribution in [-0.2, 0) is 0 Å². The van der Waals surface area contributed by atoms with Crippen molar-refractivity contribution < 1.29 is 0 Å². The highest BCUT2D eigenvalue weighted by atomic mass is 79.9. The zero-order chi connectivity index (χ0) is 6.85. The van der Waals surface area contributed by atoms with E-state index < -0.39 is 0 Å². The molecule has 48 valence electrons. The van der Waals surface area contributed by atoms with Gasteiger partial charge in [-0.15, -0.1) is 0 Å². The highest BCUT2D eigenvalue weighted by molar-refractivity contribution is 9.10. The lowest BCUT2D eigenvalue weighted by Crippen LogP contribution is -1.90. The molecule has 0 aliphatic rings. The molecule has 0 amide bonds. The SMILES string of the molecule is Cc1ccc(N)nc1Br. The summed E-state index contributed by atoms with van der Waals surface area (Å²) in [7, 11) is 0. The van der Waals surface area contributed by atoms with Crippen molar-refractivity contribution in [2.75, 3.05) is 5.73 Å². The molecule has 0 aliphatic heterocycles. The molecule has 2 nitrogen and oxygen atoms in total. The van der Waals surface area contributed by atoms with Crippen LogP contribution in [0.3, 0.4) is 0 Å². The summed E-state index contributed by atoms with van der Waals surface area (Å²) >= 11 is 3.25. The van der Waals surface area contributed by atoms with E-state index in [1.54, 1.807) is 6.07 Å². The van der Waals surface area contributed by atoms with Crippen LogP contribution in [0, 0.1) is 6.92 Å². The quantitative estimate of drug-likeness (QED) is 0.628. The Morgan fingerprint density at radius 3 is 2.67 bits per heavy atom. The smallest absolute Gasteiger partial charge is 0.124 e.